The van der Waals surface area contributed by atoms with E-state index in [1.165, 1.54) is 0 Å². The van der Waals surface area contributed by atoms with Crippen LogP contribution in [0.4, 0.5) is 0 Å². The highest BCUT2D eigenvalue weighted by Crippen LogP contribution is 2.37. The number of primary amides is 1. The molecule has 0 aromatic heterocycles. The molecule has 0 heterocycles. The second kappa shape index (κ2) is 3.74. The lowest BCUT2D eigenvalue weighted by Gasteiger charge is -2.07. The minimum absolute atomic E-state index is 0.0556. The van der Waals surface area contributed by atoms with Gasteiger partial charge in [0.1, 0.15) is 6.10 Å². The van der Waals surface area contributed by atoms with Crippen molar-refractivity contribution in [2.24, 2.45) is 17.6 Å². The SMILES string of the molecule is CC1CC1C(=O)NCC(O)C(N)=O. The van der Waals surface area contributed by atoms with Crippen molar-refractivity contribution in [1.82, 2.24) is 5.32 Å². The molecule has 1 rings (SSSR count). The third kappa shape index (κ3) is 2.69. The maximum Gasteiger partial charge on any atom is 0.248 e. The van der Waals surface area contributed by atoms with Crippen molar-refractivity contribution in [1.29, 1.82) is 0 Å². The highest BCUT2D eigenvalue weighted by atomic mass is 16.3. The number of nitrogens with one attached hydrogen (secondary N) is 1. The first kappa shape index (κ1) is 9.98. The molecule has 1 saturated carbocycles. The summed E-state index contributed by atoms with van der Waals surface area (Å²) in [7, 11) is 0. The van der Waals surface area contributed by atoms with E-state index in [1.807, 2.05) is 6.92 Å². The van der Waals surface area contributed by atoms with Crippen LogP contribution < -0.4 is 11.1 Å². The quantitative estimate of drug-likeness (QED) is 0.504. The van der Waals surface area contributed by atoms with Crippen LogP contribution in [0.2, 0.25) is 0 Å². The molecule has 74 valence electrons. The van der Waals surface area contributed by atoms with Gasteiger partial charge in [0.15, 0.2) is 0 Å². The Morgan fingerprint density at radius 3 is 2.62 bits per heavy atom. The molecule has 2 amide bonds. The molecule has 13 heavy (non-hydrogen) atoms. The van der Waals surface area contributed by atoms with Crippen molar-refractivity contribution in [2.75, 3.05) is 6.54 Å². The Balaban J connectivity index is 2.19. The summed E-state index contributed by atoms with van der Waals surface area (Å²) in [6, 6.07) is 0. The standard InChI is InChI=1S/C8H14N2O3/c1-4-2-5(4)8(13)10-3-6(11)7(9)12/h4-6,11H,2-3H2,1H3,(H2,9,12)(H,10,13). The van der Waals surface area contributed by atoms with Gasteiger partial charge in [-0.2, -0.15) is 0 Å². The van der Waals surface area contributed by atoms with E-state index in [0.29, 0.717) is 5.92 Å². The van der Waals surface area contributed by atoms with Gasteiger partial charge in [-0.25, -0.2) is 0 Å². The summed E-state index contributed by atoms with van der Waals surface area (Å²) in [5.41, 5.74) is 4.80. The molecule has 5 nitrogen and oxygen atoms in total. The fourth-order valence-corrected chi connectivity index (χ4v) is 1.12. The number of nitrogens with two attached hydrogens (primary N) is 1. The van der Waals surface area contributed by atoms with E-state index in [2.05, 4.69) is 5.32 Å². The summed E-state index contributed by atoms with van der Waals surface area (Å²) in [6.45, 7) is 1.89. The summed E-state index contributed by atoms with van der Waals surface area (Å²) < 4.78 is 0. The van der Waals surface area contributed by atoms with Crippen molar-refractivity contribution in [3.8, 4) is 0 Å². The normalized spacial score (nSPS) is 27.8. The van der Waals surface area contributed by atoms with Crippen LogP contribution in [0.3, 0.4) is 0 Å². The third-order valence-corrected chi connectivity index (χ3v) is 2.24. The zero-order valence-corrected chi connectivity index (χ0v) is 7.49. The number of carbonyl (C=O) groups is 2. The van der Waals surface area contributed by atoms with E-state index < -0.39 is 12.0 Å². The second-order valence-corrected chi connectivity index (χ2v) is 3.48. The van der Waals surface area contributed by atoms with Gasteiger partial charge >= 0.3 is 0 Å². The van der Waals surface area contributed by atoms with Crippen LogP contribution in [0, 0.1) is 11.8 Å². The number of hydrogen-bond donors (Lipinski definition) is 3. The molecule has 4 N–H and O–H groups in total. The van der Waals surface area contributed by atoms with Gasteiger partial charge in [-0.15, -0.1) is 0 Å². The molecular formula is C8H14N2O3. The van der Waals surface area contributed by atoms with E-state index in [0.717, 1.165) is 6.42 Å². The smallest absolute Gasteiger partial charge is 0.248 e. The van der Waals surface area contributed by atoms with Crippen LogP contribution in [0.1, 0.15) is 13.3 Å². The minimum atomic E-state index is -1.28. The topological polar surface area (TPSA) is 92.4 Å². The Bertz CT molecular complexity index is 229. The first-order valence-corrected chi connectivity index (χ1v) is 4.27. The number of aliphatic hydroxyl groups excluding tert-OH is 1. The van der Waals surface area contributed by atoms with E-state index in [9.17, 15) is 9.59 Å². The maximum atomic E-state index is 11.2. The molecule has 3 atom stereocenters. The fraction of sp³-hybridized carbons (Fsp3) is 0.750. The molecule has 0 bridgehead atoms. The van der Waals surface area contributed by atoms with Crippen molar-refractivity contribution in [3.05, 3.63) is 0 Å². The summed E-state index contributed by atoms with van der Waals surface area (Å²) in [6.07, 6.45) is -0.392. The van der Waals surface area contributed by atoms with Gasteiger partial charge in [0.25, 0.3) is 0 Å². The van der Waals surface area contributed by atoms with Gasteiger partial charge < -0.3 is 16.2 Å². The predicted molar refractivity (Wildman–Crippen MR) is 45.5 cm³/mol. The van der Waals surface area contributed by atoms with Gasteiger partial charge in [0, 0.05) is 5.92 Å². The number of aliphatic hydroxyl groups is 1. The van der Waals surface area contributed by atoms with Crippen LogP contribution in [0.5, 0.6) is 0 Å². The summed E-state index contributed by atoms with van der Waals surface area (Å²) in [4.78, 5) is 21.6. The molecule has 0 aliphatic heterocycles. The lowest BCUT2D eigenvalue weighted by Crippen LogP contribution is -2.40. The Morgan fingerprint density at radius 1 is 1.69 bits per heavy atom. The molecule has 0 spiro atoms. The zero-order valence-electron chi connectivity index (χ0n) is 7.49. The van der Waals surface area contributed by atoms with Crippen LogP contribution in [0.15, 0.2) is 0 Å². The summed E-state index contributed by atoms with van der Waals surface area (Å²) in [5, 5.41) is 11.4. The molecule has 0 aromatic rings. The Labute approximate surface area is 76.3 Å². The van der Waals surface area contributed by atoms with Gasteiger partial charge in [-0.3, -0.25) is 9.59 Å². The lowest BCUT2D eigenvalue weighted by atomic mass is 10.3. The van der Waals surface area contributed by atoms with Gasteiger partial charge in [-0.1, -0.05) is 6.92 Å². The number of rotatable bonds is 4. The fourth-order valence-electron chi connectivity index (χ4n) is 1.12. The summed E-state index contributed by atoms with van der Waals surface area (Å²) in [5.74, 6) is -0.442. The molecule has 0 radical (unpaired) electrons. The molecular weight excluding hydrogens is 172 g/mol. The zero-order chi connectivity index (χ0) is 10.0. The Morgan fingerprint density at radius 2 is 2.23 bits per heavy atom. The lowest BCUT2D eigenvalue weighted by molar-refractivity contribution is -0.127. The number of amides is 2. The van der Waals surface area contributed by atoms with E-state index in [-0.39, 0.29) is 18.4 Å². The van der Waals surface area contributed by atoms with Gasteiger partial charge in [0.2, 0.25) is 11.8 Å². The second-order valence-electron chi connectivity index (χ2n) is 3.48. The molecule has 1 aliphatic carbocycles. The predicted octanol–water partition coefficient (Wildman–Crippen LogP) is -1.40. The Kier molecular flexibility index (Phi) is 2.87. The van der Waals surface area contributed by atoms with Gasteiger partial charge in [0.05, 0.1) is 6.54 Å². The van der Waals surface area contributed by atoms with Crippen molar-refractivity contribution in [3.63, 3.8) is 0 Å². The van der Waals surface area contributed by atoms with E-state index in [4.69, 9.17) is 10.8 Å². The largest absolute Gasteiger partial charge is 0.381 e. The molecule has 0 saturated heterocycles. The van der Waals surface area contributed by atoms with Gasteiger partial charge in [-0.05, 0) is 12.3 Å². The molecule has 0 aromatic carbocycles. The average Bonchev–Trinajstić information content (AvgIpc) is 2.77. The van der Waals surface area contributed by atoms with Crippen molar-refractivity contribution >= 4 is 11.8 Å². The van der Waals surface area contributed by atoms with Crippen molar-refractivity contribution < 1.29 is 14.7 Å². The van der Waals surface area contributed by atoms with Crippen LogP contribution in [-0.2, 0) is 9.59 Å². The molecule has 3 unspecified atom stereocenters. The van der Waals surface area contributed by atoms with E-state index in [1.54, 1.807) is 0 Å². The first-order chi connectivity index (χ1) is 6.02. The molecule has 5 heteroatoms. The first-order valence-electron chi connectivity index (χ1n) is 4.27. The summed E-state index contributed by atoms with van der Waals surface area (Å²) >= 11 is 0. The highest BCUT2D eigenvalue weighted by molar-refractivity contribution is 5.83. The van der Waals surface area contributed by atoms with E-state index >= 15 is 0 Å². The number of carbonyl (C=O) groups excluding carboxylic acids is 2. The van der Waals surface area contributed by atoms with Crippen LogP contribution in [-0.4, -0.2) is 29.6 Å². The highest BCUT2D eigenvalue weighted by Gasteiger charge is 2.39. The monoisotopic (exact) mass is 186 g/mol. The number of hydrogen-bond acceptors (Lipinski definition) is 3. The average molecular weight is 186 g/mol. The molecule has 1 fully saturated rings. The third-order valence-electron chi connectivity index (χ3n) is 2.24. The maximum absolute atomic E-state index is 11.2. The van der Waals surface area contributed by atoms with Crippen molar-refractivity contribution in [2.45, 2.75) is 19.4 Å². The minimum Gasteiger partial charge on any atom is -0.381 e. The van der Waals surface area contributed by atoms with Crippen LogP contribution >= 0.6 is 0 Å². The molecule has 1 aliphatic rings. The van der Waals surface area contributed by atoms with Crippen LogP contribution in [0.25, 0.3) is 0 Å². The Hall–Kier alpha value is -1.10.